The number of nitrogens with zero attached hydrogens (tertiary/aromatic N) is 2. The van der Waals surface area contributed by atoms with Gasteiger partial charge >= 0.3 is 0 Å². The Morgan fingerprint density at radius 1 is 1.23 bits per heavy atom. The number of hydrogen-bond acceptors (Lipinski definition) is 4. The van der Waals surface area contributed by atoms with Crippen LogP contribution in [0.15, 0.2) is 22.7 Å². The van der Waals surface area contributed by atoms with Gasteiger partial charge in [0.05, 0.1) is 0 Å². The molecule has 2 aromatic rings. The summed E-state index contributed by atoms with van der Waals surface area (Å²) < 4.78 is 32.9. The molecule has 7 heteroatoms. The normalized spacial score (nSPS) is 20.5. The number of hydrogen-bond donors (Lipinski definition) is 0. The lowest BCUT2D eigenvalue weighted by atomic mass is 9.96. The Bertz CT molecular complexity index is 824. The van der Waals surface area contributed by atoms with Crippen LogP contribution in [0.3, 0.4) is 0 Å². The van der Waals surface area contributed by atoms with Crippen LogP contribution < -0.4 is 0 Å². The third kappa shape index (κ3) is 3.37. The number of halogens is 2. The molecule has 1 atom stereocenters. The highest BCUT2D eigenvalue weighted by atomic mass is 32.2. The van der Waals surface area contributed by atoms with Gasteiger partial charge in [0.25, 0.3) is 5.91 Å². The topological polar surface area (TPSA) is 46.3 Å². The summed E-state index contributed by atoms with van der Waals surface area (Å²) in [5, 5.41) is 3.87. The summed E-state index contributed by atoms with van der Waals surface area (Å²) in [7, 11) is 0. The largest absolute Gasteiger partial charge is 0.360 e. The molecule has 0 bridgehead atoms. The van der Waals surface area contributed by atoms with Gasteiger partial charge in [0, 0.05) is 41.6 Å². The second-order valence-corrected chi connectivity index (χ2v) is 8.06. The molecule has 1 aliphatic heterocycles. The fraction of sp³-hybridized carbons (Fsp3) is 0.474. The van der Waals surface area contributed by atoms with Gasteiger partial charge in [-0.15, -0.1) is 0 Å². The number of aromatic nitrogens is 1. The van der Waals surface area contributed by atoms with Crippen LogP contribution in [0.25, 0.3) is 0 Å². The van der Waals surface area contributed by atoms with E-state index in [0.717, 1.165) is 43.1 Å². The van der Waals surface area contributed by atoms with Crippen LogP contribution in [-0.2, 0) is 12.8 Å². The van der Waals surface area contributed by atoms with Crippen molar-refractivity contribution >= 4 is 17.7 Å². The third-order valence-corrected chi connectivity index (χ3v) is 6.40. The van der Waals surface area contributed by atoms with Crippen LogP contribution in [-0.4, -0.2) is 34.8 Å². The highest BCUT2D eigenvalue weighted by molar-refractivity contribution is 7.99. The van der Waals surface area contributed by atoms with Crippen LogP contribution >= 0.6 is 11.8 Å². The Morgan fingerprint density at radius 2 is 2.08 bits per heavy atom. The summed E-state index contributed by atoms with van der Waals surface area (Å²) in [6.45, 7) is 1.06. The van der Waals surface area contributed by atoms with E-state index in [0.29, 0.717) is 36.5 Å². The maximum Gasteiger partial charge on any atom is 0.276 e. The lowest BCUT2D eigenvalue weighted by Gasteiger charge is -2.20. The second-order valence-electron chi connectivity index (χ2n) is 6.75. The average Bonchev–Trinajstić information content (AvgIpc) is 2.93. The predicted molar refractivity (Wildman–Crippen MR) is 95.2 cm³/mol. The summed E-state index contributed by atoms with van der Waals surface area (Å²) in [5.74, 6) is 0.566. The fourth-order valence-electron chi connectivity index (χ4n) is 3.69. The lowest BCUT2D eigenvalue weighted by molar-refractivity contribution is 0.0755. The van der Waals surface area contributed by atoms with E-state index in [1.54, 1.807) is 16.7 Å². The molecule has 1 aliphatic carbocycles. The molecule has 4 rings (SSSR count). The van der Waals surface area contributed by atoms with E-state index >= 15 is 0 Å². The summed E-state index contributed by atoms with van der Waals surface area (Å²) in [6.07, 6.45) is 4.37. The second kappa shape index (κ2) is 7.39. The Labute approximate surface area is 154 Å². The molecule has 1 saturated heterocycles. The molecule has 2 heterocycles. The van der Waals surface area contributed by atoms with Gasteiger partial charge < -0.3 is 9.42 Å². The zero-order valence-electron chi connectivity index (χ0n) is 14.3. The van der Waals surface area contributed by atoms with Crippen molar-refractivity contribution < 1.29 is 18.1 Å². The molecule has 2 aliphatic rings. The number of rotatable bonds is 2. The molecule has 1 unspecified atom stereocenters. The molecule has 0 spiro atoms. The third-order valence-electron chi connectivity index (χ3n) is 5.09. The Hall–Kier alpha value is -1.89. The predicted octanol–water partition coefficient (Wildman–Crippen LogP) is 4.15. The van der Waals surface area contributed by atoms with Crippen molar-refractivity contribution in [2.45, 2.75) is 37.4 Å². The maximum atomic E-state index is 14.1. The first-order valence-corrected chi connectivity index (χ1v) is 10.0. The van der Waals surface area contributed by atoms with Crippen molar-refractivity contribution in [1.82, 2.24) is 10.1 Å². The zero-order chi connectivity index (χ0) is 18.1. The fourth-order valence-corrected chi connectivity index (χ4v) is 4.93. The minimum absolute atomic E-state index is 0.113. The van der Waals surface area contributed by atoms with Crippen LogP contribution in [0, 0.1) is 11.6 Å². The molecule has 1 aromatic heterocycles. The standard InChI is InChI=1S/C19H20F2N2O2S/c20-12-5-6-15(21)14(11-12)17-7-8-23(9-10-26-17)19(24)18-13-3-1-2-4-16(13)25-22-18/h5-6,11,17H,1-4,7-10H2. The first kappa shape index (κ1) is 17.5. The van der Waals surface area contributed by atoms with E-state index < -0.39 is 11.6 Å². The van der Waals surface area contributed by atoms with Crippen LogP contribution in [0.1, 0.15) is 51.9 Å². The molecule has 1 amide bonds. The summed E-state index contributed by atoms with van der Waals surface area (Å²) >= 11 is 1.56. The molecule has 1 fully saturated rings. The smallest absolute Gasteiger partial charge is 0.276 e. The van der Waals surface area contributed by atoms with Gasteiger partial charge in [0.1, 0.15) is 17.4 Å². The van der Waals surface area contributed by atoms with Crippen LogP contribution in [0.4, 0.5) is 8.78 Å². The van der Waals surface area contributed by atoms with E-state index in [-0.39, 0.29) is 11.2 Å². The van der Waals surface area contributed by atoms with Gasteiger partial charge in [-0.25, -0.2) is 8.78 Å². The number of aryl methyl sites for hydroxylation is 1. The van der Waals surface area contributed by atoms with Crippen molar-refractivity contribution in [2.75, 3.05) is 18.8 Å². The number of carbonyl (C=O) groups is 1. The Morgan fingerprint density at radius 3 is 2.96 bits per heavy atom. The monoisotopic (exact) mass is 378 g/mol. The van der Waals surface area contributed by atoms with E-state index in [2.05, 4.69) is 5.16 Å². The highest BCUT2D eigenvalue weighted by Crippen LogP contribution is 2.36. The minimum atomic E-state index is -0.437. The number of benzene rings is 1. The summed E-state index contributed by atoms with van der Waals surface area (Å²) in [4.78, 5) is 14.7. The molecule has 26 heavy (non-hydrogen) atoms. The SMILES string of the molecule is O=C(c1noc2c1CCCC2)N1CCSC(c2cc(F)ccc2F)CC1. The molecule has 0 saturated carbocycles. The van der Waals surface area contributed by atoms with Crippen LogP contribution in [0.5, 0.6) is 0 Å². The van der Waals surface area contributed by atoms with Gasteiger partial charge in [-0.3, -0.25) is 4.79 Å². The number of thioether (sulfide) groups is 1. The van der Waals surface area contributed by atoms with Crippen molar-refractivity contribution in [2.24, 2.45) is 0 Å². The molecule has 138 valence electrons. The Balaban J connectivity index is 1.49. The molecular formula is C19H20F2N2O2S. The quantitative estimate of drug-likeness (QED) is 0.788. The molecule has 0 N–H and O–H groups in total. The maximum absolute atomic E-state index is 14.1. The number of amides is 1. The van der Waals surface area contributed by atoms with Crippen molar-refractivity contribution in [3.8, 4) is 0 Å². The van der Waals surface area contributed by atoms with Gasteiger partial charge in [0.2, 0.25) is 0 Å². The highest BCUT2D eigenvalue weighted by Gasteiger charge is 2.30. The molecule has 1 aromatic carbocycles. The van der Waals surface area contributed by atoms with Gasteiger partial charge in [0.15, 0.2) is 5.69 Å². The van der Waals surface area contributed by atoms with E-state index in [4.69, 9.17) is 4.52 Å². The van der Waals surface area contributed by atoms with E-state index in [1.165, 1.54) is 12.1 Å². The Kier molecular flexibility index (Phi) is 4.98. The minimum Gasteiger partial charge on any atom is -0.360 e. The summed E-state index contributed by atoms with van der Waals surface area (Å²) in [5.41, 5.74) is 1.76. The van der Waals surface area contributed by atoms with Gasteiger partial charge in [-0.2, -0.15) is 11.8 Å². The molecular weight excluding hydrogens is 358 g/mol. The first-order valence-electron chi connectivity index (χ1n) is 8.96. The first-order chi connectivity index (χ1) is 12.6. The van der Waals surface area contributed by atoms with E-state index in [1.807, 2.05) is 0 Å². The van der Waals surface area contributed by atoms with Crippen molar-refractivity contribution in [3.63, 3.8) is 0 Å². The number of fused-ring (bicyclic) bond motifs is 1. The lowest BCUT2D eigenvalue weighted by Crippen LogP contribution is -2.34. The average molecular weight is 378 g/mol. The van der Waals surface area contributed by atoms with Gasteiger partial charge in [-0.05, 0) is 43.9 Å². The molecule has 4 nitrogen and oxygen atoms in total. The van der Waals surface area contributed by atoms with Crippen molar-refractivity contribution in [3.05, 3.63) is 52.4 Å². The van der Waals surface area contributed by atoms with Gasteiger partial charge in [-0.1, -0.05) is 5.16 Å². The number of carbonyl (C=O) groups excluding carboxylic acids is 1. The van der Waals surface area contributed by atoms with Crippen molar-refractivity contribution in [1.29, 1.82) is 0 Å². The van der Waals surface area contributed by atoms with Crippen LogP contribution in [0.2, 0.25) is 0 Å². The summed E-state index contributed by atoms with van der Waals surface area (Å²) in [6, 6.07) is 3.56. The molecule has 0 radical (unpaired) electrons. The van der Waals surface area contributed by atoms with E-state index in [9.17, 15) is 13.6 Å². The zero-order valence-corrected chi connectivity index (χ0v) is 15.2.